The Hall–Kier alpha value is -1.83. The molecule has 3 nitrogen and oxygen atoms in total. The maximum atomic E-state index is 4.27. The van der Waals surface area contributed by atoms with Crippen LogP contribution in [0.25, 0.3) is 0 Å². The van der Waals surface area contributed by atoms with E-state index in [9.17, 15) is 0 Å². The molecule has 0 amide bonds. The van der Waals surface area contributed by atoms with E-state index in [2.05, 4.69) is 58.3 Å². The summed E-state index contributed by atoms with van der Waals surface area (Å²) < 4.78 is 1.54. The second-order valence-electron chi connectivity index (χ2n) is 2.75. The van der Waals surface area contributed by atoms with Crippen LogP contribution in [0.5, 0.6) is 0 Å². The molecule has 0 aromatic heterocycles. The number of rotatable bonds is 0. The van der Waals surface area contributed by atoms with Crippen molar-refractivity contribution in [3.63, 3.8) is 0 Å². The highest BCUT2D eigenvalue weighted by Gasteiger charge is 2.20. The Labute approximate surface area is 102 Å². The topological polar surface area (TPSA) is 28.0 Å². The average Bonchev–Trinajstić information content (AvgIpc) is 2.26. The molecule has 0 aliphatic carbocycles. The lowest BCUT2D eigenvalue weighted by Gasteiger charge is -2.22. The molecule has 0 N–H and O–H groups in total. The molecule has 4 heteroatoms. The van der Waals surface area contributed by atoms with Crippen LogP contribution in [0.2, 0.25) is 0 Å². The van der Waals surface area contributed by atoms with Crippen molar-refractivity contribution in [1.82, 2.24) is 4.31 Å². The van der Waals surface area contributed by atoms with Crippen LogP contribution in [-0.4, -0.2) is 22.1 Å². The van der Waals surface area contributed by atoms with Crippen LogP contribution in [0, 0.1) is 35.5 Å². The van der Waals surface area contributed by atoms with Gasteiger partial charge in [0.2, 0.25) is 5.84 Å². The Morgan fingerprint density at radius 1 is 1.12 bits per heavy atom. The molecule has 1 heterocycles. The third-order valence-electron chi connectivity index (χ3n) is 1.65. The number of hydrogen-bond acceptors (Lipinski definition) is 4. The Bertz CT molecular complexity index is 512. The summed E-state index contributed by atoms with van der Waals surface area (Å²) in [5, 5.41) is 0. The molecule has 0 saturated heterocycles. The van der Waals surface area contributed by atoms with Crippen molar-refractivity contribution in [3.05, 3.63) is 0 Å². The fraction of sp³-hybridized carbons (Fsp3) is 0.333. The van der Waals surface area contributed by atoms with Crippen molar-refractivity contribution in [1.29, 1.82) is 0 Å². The van der Waals surface area contributed by atoms with Crippen molar-refractivity contribution in [2.45, 2.75) is 26.9 Å². The predicted octanol–water partition coefficient (Wildman–Crippen LogP) is 1.34. The Kier molecular flexibility index (Phi) is 4.52. The van der Waals surface area contributed by atoms with E-state index in [1.807, 2.05) is 0 Å². The predicted molar refractivity (Wildman–Crippen MR) is 69.8 cm³/mol. The van der Waals surface area contributed by atoms with Crippen molar-refractivity contribution >= 4 is 24.5 Å². The molecule has 0 saturated carbocycles. The lowest BCUT2D eigenvalue weighted by atomic mass is 10.4. The number of aliphatic imine (C=N–C) groups is 2. The van der Waals surface area contributed by atoms with E-state index in [1.165, 1.54) is 4.31 Å². The highest BCUT2D eigenvalue weighted by molar-refractivity contribution is 7.78. The van der Waals surface area contributed by atoms with Gasteiger partial charge in [0.05, 0.1) is 0 Å². The summed E-state index contributed by atoms with van der Waals surface area (Å²) >= 11 is 4.27. The Morgan fingerprint density at radius 3 is 2.38 bits per heavy atom. The fourth-order valence-electron chi connectivity index (χ4n) is 1.06. The highest BCUT2D eigenvalue weighted by Crippen LogP contribution is 2.11. The van der Waals surface area contributed by atoms with Gasteiger partial charge >= 0.3 is 0 Å². The normalized spacial score (nSPS) is 17.8. The number of hydrogen-bond donors (Lipinski definition) is 1. The van der Waals surface area contributed by atoms with Crippen LogP contribution in [0.15, 0.2) is 9.98 Å². The minimum atomic E-state index is -0.377. The quantitative estimate of drug-likeness (QED) is 0.493. The zero-order chi connectivity index (χ0) is 12.0. The fourth-order valence-corrected chi connectivity index (χ4v) is 1.26. The lowest BCUT2D eigenvalue weighted by molar-refractivity contribution is 0.598. The molecule has 80 valence electrons. The van der Waals surface area contributed by atoms with Crippen molar-refractivity contribution < 1.29 is 0 Å². The second kappa shape index (κ2) is 5.91. The first-order valence-corrected chi connectivity index (χ1v) is 5.05. The van der Waals surface area contributed by atoms with Crippen LogP contribution in [0.4, 0.5) is 0 Å². The van der Waals surface area contributed by atoms with E-state index >= 15 is 0 Å². The molecule has 0 bridgehead atoms. The van der Waals surface area contributed by atoms with Crippen molar-refractivity contribution in [2.75, 3.05) is 0 Å². The highest BCUT2D eigenvalue weighted by atomic mass is 32.1. The van der Waals surface area contributed by atoms with Crippen LogP contribution in [-0.2, 0) is 0 Å². The van der Waals surface area contributed by atoms with Gasteiger partial charge in [0.1, 0.15) is 0 Å². The van der Waals surface area contributed by atoms with Gasteiger partial charge in [-0.05, 0) is 32.6 Å². The van der Waals surface area contributed by atoms with Gasteiger partial charge in [-0.3, -0.25) is 4.31 Å². The molecule has 1 atom stereocenters. The van der Waals surface area contributed by atoms with Crippen molar-refractivity contribution in [3.8, 4) is 35.5 Å². The zero-order valence-electron chi connectivity index (χ0n) is 9.37. The summed E-state index contributed by atoms with van der Waals surface area (Å²) in [5.41, 5.74) is 0. The molecule has 0 aromatic carbocycles. The lowest BCUT2D eigenvalue weighted by Crippen LogP contribution is -2.34. The maximum Gasteiger partial charge on any atom is 0.205 e. The minimum Gasteiger partial charge on any atom is -0.261 e. The van der Waals surface area contributed by atoms with E-state index in [1.54, 1.807) is 20.8 Å². The molecule has 0 spiro atoms. The van der Waals surface area contributed by atoms with Gasteiger partial charge in [-0.15, -0.1) is 5.92 Å². The molecular formula is C12H11N3S. The minimum absolute atomic E-state index is 0.377. The molecule has 16 heavy (non-hydrogen) atoms. The second-order valence-corrected chi connectivity index (χ2v) is 3.18. The number of amidine groups is 2. The maximum absolute atomic E-state index is 4.27. The largest absolute Gasteiger partial charge is 0.261 e. The summed E-state index contributed by atoms with van der Waals surface area (Å²) in [7, 11) is 0. The van der Waals surface area contributed by atoms with E-state index in [0.29, 0.717) is 11.7 Å². The smallest absolute Gasteiger partial charge is 0.205 e. The number of nitrogens with zero attached hydrogens (tertiary/aromatic N) is 3. The van der Waals surface area contributed by atoms with Crippen LogP contribution in [0.1, 0.15) is 20.8 Å². The molecule has 1 rings (SSSR count). The van der Waals surface area contributed by atoms with Gasteiger partial charge in [-0.25, -0.2) is 4.99 Å². The van der Waals surface area contributed by atoms with E-state index in [0.717, 1.165) is 0 Å². The van der Waals surface area contributed by atoms with Crippen LogP contribution >= 0.6 is 12.8 Å². The SMILES string of the molecule is CC#CC1=NC(C#CC)N(S)C(C#CC)=N1. The molecule has 0 radical (unpaired) electrons. The summed E-state index contributed by atoms with van der Waals surface area (Å²) in [6, 6.07) is 0. The first kappa shape index (κ1) is 12.2. The van der Waals surface area contributed by atoms with Gasteiger partial charge in [-0.1, -0.05) is 30.6 Å². The third kappa shape index (κ3) is 2.83. The molecule has 0 aromatic rings. The Morgan fingerprint density at radius 2 is 1.81 bits per heavy atom. The van der Waals surface area contributed by atoms with E-state index in [4.69, 9.17) is 0 Å². The van der Waals surface area contributed by atoms with Crippen molar-refractivity contribution in [2.24, 2.45) is 9.98 Å². The van der Waals surface area contributed by atoms with Crippen LogP contribution < -0.4 is 0 Å². The zero-order valence-corrected chi connectivity index (χ0v) is 10.3. The summed E-state index contributed by atoms with van der Waals surface area (Å²) in [6.45, 7) is 5.22. The molecule has 0 fully saturated rings. The summed E-state index contributed by atoms with van der Waals surface area (Å²) in [6.07, 6.45) is -0.377. The number of thiol groups is 1. The Balaban J connectivity index is 3.16. The van der Waals surface area contributed by atoms with Gasteiger partial charge in [0.25, 0.3) is 0 Å². The average molecular weight is 229 g/mol. The first-order valence-electron chi connectivity index (χ1n) is 4.65. The summed E-state index contributed by atoms with van der Waals surface area (Å²) in [4.78, 5) is 8.41. The summed E-state index contributed by atoms with van der Waals surface area (Å²) in [5.74, 6) is 17.8. The van der Waals surface area contributed by atoms with Gasteiger partial charge in [0.15, 0.2) is 12.0 Å². The molecule has 1 unspecified atom stereocenters. The van der Waals surface area contributed by atoms with Gasteiger partial charge in [0, 0.05) is 0 Å². The standard InChI is InChI=1S/C12H11N3S/c1-4-7-10-13-11(8-5-2)15(16)12(14-10)9-6-3/h11,16H,1-3H3. The molecule has 1 aliphatic heterocycles. The van der Waals surface area contributed by atoms with E-state index in [-0.39, 0.29) is 6.17 Å². The molecule has 1 aliphatic rings. The monoisotopic (exact) mass is 229 g/mol. The van der Waals surface area contributed by atoms with E-state index < -0.39 is 0 Å². The molecular weight excluding hydrogens is 218 g/mol. The van der Waals surface area contributed by atoms with Gasteiger partial charge in [-0.2, -0.15) is 4.99 Å². The third-order valence-corrected chi connectivity index (χ3v) is 2.06. The van der Waals surface area contributed by atoms with Gasteiger partial charge < -0.3 is 0 Å². The van der Waals surface area contributed by atoms with Crippen LogP contribution in [0.3, 0.4) is 0 Å². The first-order chi connectivity index (χ1) is 7.72.